The average molecular weight is 795 g/mol. The van der Waals surface area contributed by atoms with E-state index in [1.807, 2.05) is 6.92 Å². The van der Waals surface area contributed by atoms with Gasteiger partial charge in [-0.3, -0.25) is 4.79 Å². The van der Waals surface area contributed by atoms with Crippen molar-refractivity contribution in [2.45, 2.75) is 159 Å². The molecular weight excluding hydrogens is 732 g/mol. The summed E-state index contributed by atoms with van der Waals surface area (Å²) in [6.45, 7) is 12.4. The number of carbonyl (C=O) groups is 2. The largest absolute Gasteiger partial charge is 0.479 e. The van der Waals surface area contributed by atoms with E-state index in [0.717, 1.165) is 24.8 Å². The molecule has 0 radical (unpaired) electrons. The zero-order valence-corrected chi connectivity index (χ0v) is 32.8. The number of fused-ring (bicyclic) bond motifs is 7. The summed E-state index contributed by atoms with van der Waals surface area (Å²) in [4.78, 5) is 26.2. The van der Waals surface area contributed by atoms with Gasteiger partial charge in [-0.1, -0.05) is 51.5 Å². The van der Waals surface area contributed by atoms with Crippen LogP contribution in [0.2, 0.25) is 0 Å². The lowest BCUT2D eigenvalue weighted by atomic mass is 9.34. The molecule has 0 amide bonds. The van der Waals surface area contributed by atoms with Crippen LogP contribution < -0.4 is 0 Å². The van der Waals surface area contributed by atoms with Crippen LogP contribution in [0.1, 0.15) is 91.9 Å². The molecule has 0 spiro atoms. The fraction of sp³-hybridized carbons (Fsp3) is 0.854. The minimum absolute atomic E-state index is 0.0347. The Bertz CT molecular complexity index is 1580. The standard InChI is InChI=1S/C41H62O15/c1-19-8-13-41(36(52)56-34-30(48)27(45)26(44)22(17-42)53-34)15-14-39(4)20(21(41)16-19)6-7-24-37(2)11-10-25(38(3,18-43)23(37)9-12-40(24,39)5)54-35-31(49)28(46)29(47)32(55-35)33(50)51/h6,21-32,34-35,42-49H,1,7-18H2,2-5H3,(H,50,51)/t21-,22+,23+,24+,25-,26+,27-,28-,29-,30+,31+,32-,34-,35+,37-,38-,39+,40+,41-/m0/s1. The molecule has 7 rings (SSSR count). The van der Waals surface area contributed by atoms with Crippen LogP contribution in [0.5, 0.6) is 0 Å². The minimum atomic E-state index is -1.84. The van der Waals surface area contributed by atoms with Crippen LogP contribution in [0.4, 0.5) is 0 Å². The highest BCUT2D eigenvalue weighted by Crippen LogP contribution is 2.75. The number of hydrogen-bond donors (Lipinski definition) is 9. The molecule has 15 nitrogen and oxygen atoms in total. The zero-order chi connectivity index (χ0) is 40.9. The van der Waals surface area contributed by atoms with Crippen molar-refractivity contribution < 1.29 is 74.5 Å². The second-order valence-electron chi connectivity index (χ2n) is 19.1. The quantitative estimate of drug-likeness (QED) is 0.0987. The summed E-state index contributed by atoms with van der Waals surface area (Å²) < 4.78 is 23.3. The van der Waals surface area contributed by atoms with Crippen molar-refractivity contribution in [3.63, 3.8) is 0 Å². The van der Waals surface area contributed by atoms with Crippen molar-refractivity contribution in [1.82, 2.24) is 0 Å². The minimum Gasteiger partial charge on any atom is -0.479 e. The Morgan fingerprint density at radius 3 is 2.16 bits per heavy atom. The lowest BCUT2D eigenvalue weighted by Crippen LogP contribution is -2.67. The third kappa shape index (κ3) is 6.01. The van der Waals surface area contributed by atoms with Crippen molar-refractivity contribution >= 4 is 11.9 Å². The molecule has 0 aromatic rings. The van der Waals surface area contributed by atoms with E-state index < -0.39 is 96.9 Å². The van der Waals surface area contributed by atoms with E-state index in [9.17, 15) is 55.5 Å². The van der Waals surface area contributed by atoms with Crippen LogP contribution in [-0.4, -0.2) is 139 Å². The van der Waals surface area contributed by atoms with Crippen molar-refractivity contribution in [3.8, 4) is 0 Å². The summed E-state index contributed by atoms with van der Waals surface area (Å²) in [5.74, 6) is -2.11. The van der Waals surface area contributed by atoms with Crippen molar-refractivity contribution in [1.29, 1.82) is 0 Å². The van der Waals surface area contributed by atoms with Gasteiger partial charge in [0.2, 0.25) is 6.29 Å². The molecule has 0 unspecified atom stereocenters. The predicted molar refractivity (Wildman–Crippen MR) is 195 cm³/mol. The van der Waals surface area contributed by atoms with E-state index in [4.69, 9.17) is 18.9 Å². The third-order valence-corrected chi connectivity index (χ3v) is 16.7. The number of allylic oxidation sites excluding steroid dienone is 3. The average Bonchev–Trinajstić information content (AvgIpc) is 3.16. The molecule has 15 heteroatoms. The molecule has 56 heavy (non-hydrogen) atoms. The fourth-order valence-corrected chi connectivity index (χ4v) is 13.1. The first kappa shape index (κ1) is 42.1. The Morgan fingerprint density at radius 1 is 0.821 bits per heavy atom. The maximum atomic E-state index is 14.4. The number of esters is 1. The molecule has 7 aliphatic rings. The summed E-state index contributed by atoms with van der Waals surface area (Å²) in [5.41, 5.74) is -0.307. The van der Waals surface area contributed by atoms with Gasteiger partial charge in [0.05, 0.1) is 24.7 Å². The number of aliphatic hydroxyl groups excluding tert-OH is 8. The van der Waals surface area contributed by atoms with E-state index in [2.05, 4.69) is 33.4 Å². The van der Waals surface area contributed by atoms with Gasteiger partial charge in [0.1, 0.15) is 42.7 Å². The second kappa shape index (κ2) is 14.6. The van der Waals surface area contributed by atoms with Crippen LogP contribution in [0.3, 0.4) is 0 Å². The van der Waals surface area contributed by atoms with E-state index >= 15 is 0 Å². The molecule has 6 fully saturated rings. The zero-order valence-electron chi connectivity index (χ0n) is 32.8. The number of rotatable bonds is 7. The predicted octanol–water partition coefficient (Wildman–Crippen LogP) is 0.911. The van der Waals surface area contributed by atoms with Gasteiger partial charge in [0.15, 0.2) is 12.4 Å². The highest BCUT2D eigenvalue weighted by atomic mass is 16.7. The second-order valence-corrected chi connectivity index (χ2v) is 19.1. The summed E-state index contributed by atoms with van der Waals surface area (Å²) >= 11 is 0. The topological polar surface area (TPSA) is 253 Å². The van der Waals surface area contributed by atoms with Crippen molar-refractivity contribution in [2.75, 3.05) is 13.2 Å². The van der Waals surface area contributed by atoms with Crippen LogP contribution in [0, 0.1) is 44.8 Å². The summed E-state index contributed by atoms with van der Waals surface area (Å²) in [6, 6.07) is 0. The first-order chi connectivity index (χ1) is 26.2. The fourth-order valence-electron chi connectivity index (χ4n) is 13.1. The lowest BCUT2D eigenvalue weighted by molar-refractivity contribution is -0.327. The molecule has 4 saturated carbocycles. The molecule has 2 saturated heterocycles. The Kier molecular flexibility index (Phi) is 11.0. The highest BCUT2D eigenvalue weighted by molar-refractivity contribution is 5.79. The van der Waals surface area contributed by atoms with E-state index in [1.54, 1.807) is 0 Å². The molecule has 0 aromatic carbocycles. The monoisotopic (exact) mass is 794 g/mol. The Morgan fingerprint density at radius 2 is 1.50 bits per heavy atom. The van der Waals surface area contributed by atoms with Crippen molar-refractivity contribution in [3.05, 3.63) is 23.8 Å². The van der Waals surface area contributed by atoms with Crippen LogP contribution >= 0.6 is 0 Å². The third-order valence-electron chi connectivity index (χ3n) is 16.7. The summed E-state index contributed by atoms with van der Waals surface area (Å²) in [7, 11) is 0. The van der Waals surface area contributed by atoms with Gasteiger partial charge in [-0.25, -0.2) is 4.79 Å². The smallest absolute Gasteiger partial charge is 0.335 e. The number of carbonyl (C=O) groups excluding carboxylic acids is 1. The van der Waals surface area contributed by atoms with Gasteiger partial charge in [0, 0.05) is 11.3 Å². The summed E-state index contributed by atoms with van der Waals surface area (Å²) in [5, 5.41) is 93.3. The van der Waals surface area contributed by atoms with Gasteiger partial charge in [-0.05, 0) is 92.3 Å². The first-order valence-corrected chi connectivity index (χ1v) is 20.3. The van der Waals surface area contributed by atoms with E-state index in [1.165, 1.54) is 5.57 Å². The van der Waals surface area contributed by atoms with E-state index in [-0.39, 0.29) is 40.6 Å². The maximum Gasteiger partial charge on any atom is 0.335 e. The highest BCUT2D eigenvalue weighted by Gasteiger charge is 2.70. The first-order valence-electron chi connectivity index (χ1n) is 20.3. The van der Waals surface area contributed by atoms with Crippen LogP contribution in [0.15, 0.2) is 23.8 Å². The normalized spacial score (nSPS) is 53.1. The summed E-state index contributed by atoms with van der Waals surface area (Å²) in [6.07, 6.45) is -8.27. The number of carboxylic acid groups (broad SMARTS) is 1. The Balaban J connectivity index is 1.16. The molecule has 316 valence electrons. The van der Waals surface area contributed by atoms with Gasteiger partial charge in [0.25, 0.3) is 0 Å². The van der Waals surface area contributed by atoms with Gasteiger partial charge >= 0.3 is 11.9 Å². The van der Waals surface area contributed by atoms with Gasteiger partial charge in [-0.15, -0.1) is 0 Å². The molecule has 0 aromatic heterocycles. The van der Waals surface area contributed by atoms with Crippen LogP contribution in [0.25, 0.3) is 0 Å². The molecule has 19 atom stereocenters. The number of carboxylic acids is 1. The number of hydrogen-bond acceptors (Lipinski definition) is 14. The molecule has 0 bridgehead atoms. The lowest BCUT2D eigenvalue weighted by Gasteiger charge is -2.71. The molecule has 5 aliphatic carbocycles. The number of aliphatic carboxylic acids is 1. The number of ether oxygens (including phenoxy) is 4. The number of aliphatic hydroxyl groups is 8. The molecular formula is C41H62O15. The van der Waals surface area contributed by atoms with Crippen molar-refractivity contribution in [2.24, 2.45) is 44.8 Å². The van der Waals surface area contributed by atoms with Crippen LogP contribution in [-0.2, 0) is 28.5 Å². The maximum absolute atomic E-state index is 14.4. The molecule has 9 N–H and O–H groups in total. The van der Waals surface area contributed by atoms with Gasteiger partial charge in [-0.2, -0.15) is 0 Å². The molecule has 2 heterocycles. The Labute approximate surface area is 327 Å². The van der Waals surface area contributed by atoms with E-state index in [0.29, 0.717) is 44.9 Å². The van der Waals surface area contributed by atoms with Gasteiger partial charge < -0.3 is 64.9 Å². The SMILES string of the molecule is C=C1CC[C@]2(C(=O)O[C@@H]3O[C@H](CO)[C@@H](O)[C@H](O)[C@H]3O)CC[C@]3(C)C(=CC[C@@H]4[C@@]5(C)CC[C@H](O[C@@H]6O[C@H](C(=O)O)[C@@H](O)[C@H](O)[C@H]6O)[C@@](C)(CO)[C@@H]5CC[C@]43C)[C@@H]2C1. The Hall–Kier alpha value is -2.02. The molecule has 2 aliphatic heterocycles.